The van der Waals surface area contributed by atoms with E-state index in [4.69, 9.17) is 0 Å². The lowest BCUT2D eigenvalue weighted by atomic mass is 10.1. The van der Waals surface area contributed by atoms with Crippen molar-refractivity contribution in [2.75, 3.05) is 18.0 Å². The summed E-state index contributed by atoms with van der Waals surface area (Å²) >= 11 is 3.45. The van der Waals surface area contributed by atoms with Crippen molar-refractivity contribution in [1.29, 1.82) is 0 Å². The average molecular weight is 463 g/mol. The molecule has 6 heteroatoms. The van der Waals surface area contributed by atoms with Gasteiger partial charge in [0.15, 0.2) is 0 Å². The predicted molar refractivity (Wildman–Crippen MR) is 119 cm³/mol. The lowest BCUT2D eigenvalue weighted by molar-refractivity contribution is 0.0654. The lowest BCUT2D eigenvalue weighted by Crippen LogP contribution is -2.41. The van der Waals surface area contributed by atoms with Gasteiger partial charge in [0, 0.05) is 23.2 Å². The van der Waals surface area contributed by atoms with Gasteiger partial charge in [-0.25, -0.2) is 0 Å². The van der Waals surface area contributed by atoms with Crippen molar-refractivity contribution in [1.82, 2.24) is 4.90 Å². The molecule has 1 aliphatic rings. The summed E-state index contributed by atoms with van der Waals surface area (Å²) in [5.74, 6) is -0.851. The van der Waals surface area contributed by atoms with Crippen molar-refractivity contribution in [3.8, 4) is 0 Å². The third-order valence-electron chi connectivity index (χ3n) is 5.18. The number of hydrogen-bond donors (Lipinski definition) is 0. The van der Waals surface area contributed by atoms with Gasteiger partial charge in [-0.3, -0.25) is 19.3 Å². The first-order valence-corrected chi connectivity index (χ1v) is 10.4. The molecule has 30 heavy (non-hydrogen) atoms. The quantitative estimate of drug-likeness (QED) is 0.516. The normalized spacial score (nSPS) is 12.8. The first-order chi connectivity index (χ1) is 14.5. The van der Waals surface area contributed by atoms with Gasteiger partial charge >= 0.3 is 0 Å². The summed E-state index contributed by atoms with van der Waals surface area (Å²) in [5.41, 5.74) is 3.00. The molecule has 3 aromatic rings. The Hall–Kier alpha value is -3.25. The lowest BCUT2D eigenvalue weighted by Gasteiger charge is -2.27. The van der Waals surface area contributed by atoms with Crippen LogP contribution in [-0.2, 0) is 0 Å². The molecule has 0 spiro atoms. The van der Waals surface area contributed by atoms with E-state index in [0.717, 1.165) is 11.3 Å². The molecule has 0 aromatic heterocycles. The fourth-order valence-corrected chi connectivity index (χ4v) is 4.07. The van der Waals surface area contributed by atoms with Crippen LogP contribution in [0.4, 0.5) is 5.69 Å². The molecule has 0 saturated carbocycles. The molecule has 3 amide bonds. The molecule has 0 unspecified atom stereocenters. The van der Waals surface area contributed by atoms with Gasteiger partial charge in [-0.2, -0.15) is 0 Å². The van der Waals surface area contributed by atoms with Gasteiger partial charge in [0.25, 0.3) is 17.7 Å². The molecule has 0 saturated heterocycles. The highest BCUT2D eigenvalue weighted by Crippen LogP contribution is 2.26. The highest BCUT2D eigenvalue weighted by atomic mass is 79.9. The van der Waals surface area contributed by atoms with Crippen LogP contribution in [0.2, 0.25) is 0 Å². The summed E-state index contributed by atoms with van der Waals surface area (Å²) in [4.78, 5) is 41.7. The number of amides is 3. The van der Waals surface area contributed by atoms with Crippen molar-refractivity contribution in [3.05, 3.63) is 99.5 Å². The molecule has 4 rings (SSSR count). The number of rotatable bonds is 5. The van der Waals surface area contributed by atoms with E-state index in [1.165, 1.54) is 4.90 Å². The van der Waals surface area contributed by atoms with Crippen molar-refractivity contribution < 1.29 is 14.4 Å². The van der Waals surface area contributed by atoms with E-state index in [0.29, 0.717) is 21.2 Å². The number of fused-ring (bicyclic) bond motifs is 1. The smallest absolute Gasteiger partial charge is 0.261 e. The molecular weight excluding hydrogens is 444 g/mol. The summed E-state index contributed by atoms with van der Waals surface area (Å²) in [5, 5.41) is 0. The van der Waals surface area contributed by atoms with Gasteiger partial charge in [-0.15, -0.1) is 0 Å². The number of imide groups is 1. The van der Waals surface area contributed by atoms with Crippen LogP contribution in [0.25, 0.3) is 0 Å². The minimum absolute atomic E-state index is 0.108. The van der Waals surface area contributed by atoms with E-state index >= 15 is 0 Å². The van der Waals surface area contributed by atoms with Crippen molar-refractivity contribution >= 4 is 39.3 Å². The first-order valence-electron chi connectivity index (χ1n) is 9.56. The standard InChI is InChI=1S/C24H19BrN2O3/c1-16-8-2-7-13-21(16)26(24(30)19-11-5-6-12-20(19)25)14-15-27-22(28)17-9-3-4-10-18(17)23(27)29/h2-13H,14-15H2,1H3. The molecule has 5 nitrogen and oxygen atoms in total. The topological polar surface area (TPSA) is 57.7 Å². The Labute approximate surface area is 183 Å². The second kappa shape index (κ2) is 8.24. The number of benzene rings is 3. The number of aryl methyl sites for hydroxylation is 1. The van der Waals surface area contributed by atoms with E-state index < -0.39 is 0 Å². The maximum Gasteiger partial charge on any atom is 0.261 e. The Balaban J connectivity index is 1.64. The van der Waals surface area contributed by atoms with Gasteiger partial charge in [0.05, 0.1) is 16.7 Å². The number of anilines is 1. The number of carbonyl (C=O) groups excluding carboxylic acids is 3. The van der Waals surface area contributed by atoms with Crippen LogP contribution >= 0.6 is 15.9 Å². The Morgan fingerprint density at radius 2 is 1.43 bits per heavy atom. The fourth-order valence-electron chi connectivity index (χ4n) is 3.62. The van der Waals surface area contributed by atoms with Gasteiger partial charge in [-0.1, -0.05) is 42.5 Å². The van der Waals surface area contributed by atoms with Crippen molar-refractivity contribution in [2.45, 2.75) is 6.92 Å². The van der Waals surface area contributed by atoms with Crippen LogP contribution in [0, 0.1) is 6.92 Å². The van der Waals surface area contributed by atoms with Crippen LogP contribution in [-0.4, -0.2) is 35.7 Å². The number of para-hydroxylation sites is 1. The average Bonchev–Trinajstić information content (AvgIpc) is 3.00. The predicted octanol–water partition coefficient (Wildman–Crippen LogP) is 4.70. The molecule has 3 aromatic carbocycles. The Kier molecular flexibility index (Phi) is 5.50. The molecule has 1 heterocycles. The SMILES string of the molecule is Cc1ccccc1N(CCN1C(=O)c2ccccc2C1=O)C(=O)c1ccccc1Br. The molecular formula is C24H19BrN2O3. The largest absolute Gasteiger partial charge is 0.306 e. The van der Waals surface area contributed by atoms with E-state index in [-0.39, 0.29) is 30.8 Å². The van der Waals surface area contributed by atoms with E-state index in [9.17, 15) is 14.4 Å². The van der Waals surface area contributed by atoms with E-state index in [2.05, 4.69) is 15.9 Å². The first kappa shape index (κ1) is 20.0. The van der Waals surface area contributed by atoms with Crippen LogP contribution in [0.5, 0.6) is 0 Å². The monoisotopic (exact) mass is 462 g/mol. The Morgan fingerprint density at radius 1 is 0.867 bits per heavy atom. The van der Waals surface area contributed by atoms with E-state index in [1.54, 1.807) is 41.3 Å². The van der Waals surface area contributed by atoms with E-state index in [1.807, 2.05) is 43.3 Å². The zero-order valence-electron chi connectivity index (χ0n) is 16.3. The number of halogens is 1. The van der Waals surface area contributed by atoms with Crippen LogP contribution in [0.1, 0.15) is 36.6 Å². The zero-order valence-corrected chi connectivity index (χ0v) is 17.9. The van der Waals surface area contributed by atoms with Crippen LogP contribution in [0.3, 0.4) is 0 Å². The third kappa shape index (κ3) is 3.55. The molecule has 0 atom stereocenters. The molecule has 0 N–H and O–H groups in total. The Bertz CT molecular complexity index is 1120. The molecule has 0 aliphatic carbocycles. The minimum Gasteiger partial charge on any atom is -0.306 e. The van der Waals surface area contributed by atoms with Gasteiger partial charge in [-0.05, 0) is 58.7 Å². The second-order valence-electron chi connectivity index (χ2n) is 7.03. The van der Waals surface area contributed by atoms with Crippen LogP contribution < -0.4 is 4.90 Å². The molecule has 150 valence electrons. The fraction of sp³-hybridized carbons (Fsp3) is 0.125. The maximum atomic E-state index is 13.4. The molecule has 0 fully saturated rings. The van der Waals surface area contributed by atoms with Crippen LogP contribution in [0.15, 0.2) is 77.3 Å². The summed E-state index contributed by atoms with van der Waals surface area (Å²) < 4.78 is 0.689. The Morgan fingerprint density at radius 3 is 2.07 bits per heavy atom. The van der Waals surface area contributed by atoms with Gasteiger partial charge < -0.3 is 4.90 Å². The minimum atomic E-state index is -0.325. The summed E-state index contributed by atoms with van der Waals surface area (Å²) in [7, 11) is 0. The zero-order chi connectivity index (χ0) is 21.3. The summed E-state index contributed by atoms with van der Waals surface area (Å²) in [6.07, 6.45) is 0. The summed E-state index contributed by atoms with van der Waals surface area (Å²) in [6.45, 7) is 2.23. The third-order valence-corrected chi connectivity index (χ3v) is 5.87. The maximum absolute atomic E-state index is 13.4. The van der Waals surface area contributed by atoms with Crippen molar-refractivity contribution in [2.24, 2.45) is 0 Å². The molecule has 0 radical (unpaired) electrons. The van der Waals surface area contributed by atoms with Crippen molar-refractivity contribution in [3.63, 3.8) is 0 Å². The number of hydrogen-bond acceptors (Lipinski definition) is 3. The van der Waals surface area contributed by atoms with Gasteiger partial charge in [0.2, 0.25) is 0 Å². The number of nitrogens with zero attached hydrogens (tertiary/aromatic N) is 2. The number of carbonyl (C=O) groups is 3. The van der Waals surface area contributed by atoms with Gasteiger partial charge in [0.1, 0.15) is 0 Å². The molecule has 0 bridgehead atoms. The molecule has 1 aliphatic heterocycles. The highest BCUT2D eigenvalue weighted by molar-refractivity contribution is 9.10. The summed E-state index contributed by atoms with van der Waals surface area (Å²) in [6, 6.07) is 21.6. The second-order valence-corrected chi connectivity index (χ2v) is 7.88. The highest BCUT2D eigenvalue weighted by Gasteiger charge is 2.35.